The Bertz CT molecular complexity index is 962. The van der Waals surface area contributed by atoms with Crippen molar-refractivity contribution < 1.29 is 23.9 Å². The van der Waals surface area contributed by atoms with E-state index in [1.807, 2.05) is 6.92 Å². The summed E-state index contributed by atoms with van der Waals surface area (Å²) in [5.74, 6) is -1.05. The number of amides is 3. The number of fused-ring (bicyclic) bond motifs is 1. The van der Waals surface area contributed by atoms with Gasteiger partial charge in [0.05, 0.1) is 18.0 Å². The van der Waals surface area contributed by atoms with Gasteiger partial charge in [0.15, 0.2) is 5.82 Å². The Labute approximate surface area is 179 Å². The number of nitrogens with one attached hydrogen (secondary N) is 3. The summed E-state index contributed by atoms with van der Waals surface area (Å²) in [5, 5.41) is 14.0. The van der Waals surface area contributed by atoms with Crippen LogP contribution in [0.1, 0.15) is 57.8 Å². The van der Waals surface area contributed by atoms with E-state index in [0.717, 1.165) is 25.7 Å². The van der Waals surface area contributed by atoms with Crippen molar-refractivity contribution >= 4 is 28.9 Å². The average molecular weight is 433 g/mol. The van der Waals surface area contributed by atoms with Gasteiger partial charge in [-0.3, -0.25) is 9.59 Å². The van der Waals surface area contributed by atoms with E-state index in [2.05, 4.69) is 20.6 Å². The summed E-state index contributed by atoms with van der Waals surface area (Å²) in [5.41, 5.74) is 0.645. The molecule has 2 heterocycles. The molecule has 2 aromatic rings. The summed E-state index contributed by atoms with van der Waals surface area (Å²) in [6, 6.07) is 2.72. The molecule has 3 amide bonds. The number of nitrogens with zero attached hydrogens (tertiary/aromatic N) is 2. The minimum Gasteiger partial charge on any atom is -0.465 e. The number of aromatic amines is 1. The molecule has 0 radical (unpaired) electrons. The van der Waals surface area contributed by atoms with Crippen molar-refractivity contribution in [3.63, 3.8) is 0 Å². The third-order valence-electron chi connectivity index (χ3n) is 5.66. The number of aromatic nitrogens is 2. The van der Waals surface area contributed by atoms with E-state index in [9.17, 15) is 18.8 Å². The zero-order valence-electron chi connectivity index (χ0n) is 17.7. The van der Waals surface area contributed by atoms with Crippen molar-refractivity contribution in [2.24, 2.45) is 0 Å². The minimum atomic E-state index is -1.39. The molecule has 31 heavy (non-hydrogen) atoms. The van der Waals surface area contributed by atoms with Crippen LogP contribution in [0.4, 0.5) is 9.18 Å². The Morgan fingerprint density at radius 1 is 1.32 bits per heavy atom. The number of halogens is 1. The molecule has 0 unspecified atom stereocenters. The number of carbonyl (C=O) groups excluding carboxylic acids is 2. The first-order valence-corrected chi connectivity index (χ1v) is 10.5. The molecule has 168 valence electrons. The van der Waals surface area contributed by atoms with Crippen molar-refractivity contribution in [1.82, 2.24) is 25.5 Å². The number of para-hydroxylation sites is 1. The molecule has 3 rings (SSSR count). The second kappa shape index (κ2) is 9.76. The number of likely N-dealkylation sites (tertiary alicyclic amines) is 1. The van der Waals surface area contributed by atoms with Crippen LogP contribution in [0.5, 0.6) is 0 Å². The number of benzene rings is 1. The summed E-state index contributed by atoms with van der Waals surface area (Å²) in [6.45, 7) is 4.26. The minimum absolute atomic E-state index is 0.110. The van der Waals surface area contributed by atoms with E-state index >= 15 is 0 Å². The molecule has 3 atom stereocenters. The molecule has 1 aromatic carbocycles. The maximum atomic E-state index is 13.9. The van der Waals surface area contributed by atoms with Crippen LogP contribution in [-0.2, 0) is 9.59 Å². The highest BCUT2D eigenvalue weighted by Gasteiger charge is 2.31. The molecule has 10 heteroatoms. The molecule has 1 aliphatic rings. The highest BCUT2D eigenvalue weighted by molar-refractivity contribution is 5.91. The van der Waals surface area contributed by atoms with Gasteiger partial charge in [-0.2, -0.15) is 0 Å². The van der Waals surface area contributed by atoms with Crippen molar-refractivity contribution in [2.45, 2.75) is 64.1 Å². The normalized spacial score (nSPS) is 18.4. The number of rotatable bonds is 7. The third-order valence-corrected chi connectivity index (χ3v) is 5.66. The number of hydrogen-bond donors (Lipinski definition) is 4. The quantitative estimate of drug-likeness (QED) is 0.534. The molecule has 1 aromatic heterocycles. The van der Waals surface area contributed by atoms with Gasteiger partial charge in [0.1, 0.15) is 17.4 Å². The van der Waals surface area contributed by atoms with Crippen LogP contribution in [0, 0.1) is 5.82 Å². The van der Waals surface area contributed by atoms with Gasteiger partial charge in [0.2, 0.25) is 11.8 Å². The van der Waals surface area contributed by atoms with Crippen molar-refractivity contribution in [3.05, 3.63) is 29.8 Å². The first-order valence-electron chi connectivity index (χ1n) is 10.5. The zero-order chi connectivity index (χ0) is 22.5. The zero-order valence-corrected chi connectivity index (χ0v) is 17.7. The standard InChI is InChI=1S/C21H28FN5O4/c1-3-13-7-4-5-10-27(13)17(28)11-16(25-21(30)31)20(29)23-12(2)19-24-15-9-6-8-14(22)18(15)26-19/h6,8-9,12-13,16,25H,3-5,7,10-11H2,1-2H3,(H,23,29)(H,24,26)(H,30,31)/t12-,13-,16-/m0/s1. The maximum Gasteiger partial charge on any atom is 0.405 e. The maximum absolute atomic E-state index is 13.9. The fourth-order valence-electron chi connectivity index (χ4n) is 4.01. The van der Waals surface area contributed by atoms with E-state index in [-0.39, 0.29) is 23.9 Å². The Hall–Kier alpha value is -3.17. The van der Waals surface area contributed by atoms with Crippen LogP contribution in [-0.4, -0.2) is 56.5 Å². The topological polar surface area (TPSA) is 127 Å². The van der Waals surface area contributed by atoms with Crippen molar-refractivity contribution in [2.75, 3.05) is 6.54 Å². The van der Waals surface area contributed by atoms with E-state index in [1.54, 1.807) is 24.0 Å². The van der Waals surface area contributed by atoms with Gasteiger partial charge in [-0.05, 0) is 44.7 Å². The van der Waals surface area contributed by atoms with Crippen LogP contribution >= 0.6 is 0 Å². The van der Waals surface area contributed by atoms with E-state index < -0.39 is 29.9 Å². The first kappa shape index (κ1) is 22.5. The number of carboxylic acid groups (broad SMARTS) is 1. The molecule has 1 aliphatic heterocycles. The van der Waals surface area contributed by atoms with Gasteiger partial charge < -0.3 is 25.6 Å². The highest BCUT2D eigenvalue weighted by atomic mass is 19.1. The Morgan fingerprint density at radius 2 is 2.10 bits per heavy atom. The second-order valence-electron chi connectivity index (χ2n) is 7.84. The van der Waals surface area contributed by atoms with Crippen molar-refractivity contribution in [1.29, 1.82) is 0 Å². The molecule has 0 aliphatic carbocycles. The van der Waals surface area contributed by atoms with E-state index in [0.29, 0.717) is 17.9 Å². The average Bonchev–Trinajstić information content (AvgIpc) is 3.18. The lowest BCUT2D eigenvalue weighted by Crippen LogP contribution is -2.51. The lowest BCUT2D eigenvalue weighted by molar-refractivity contribution is -0.138. The number of imidazole rings is 1. The number of H-pyrrole nitrogens is 1. The molecular formula is C21H28FN5O4. The molecule has 0 spiro atoms. The summed E-state index contributed by atoms with van der Waals surface area (Å²) in [6.07, 6.45) is 2.01. The van der Waals surface area contributed by atoms with Gasteiger partial charge in [-0.25, -0.2) is 14.2 Å². The van der Waals surface area contributed by atoms with Crippen LogP contribution in [0.25, 0.3) is 11.0 Å². The SMILES string of the molecule is CC[C@H]1CCCCN1C(=O)C[C@H](NC(=O)O)C(=O)N[C@@H](C)c1nc2c(F)cccc2[nH]1. The molecule has 1 saturated heterocycles. The van der Waals surface area contributed by atoms with Gasteiger partial charge in [0, 0.05) is 12.6 Å². The highest BCUT2D eigenvalue weighted by Crippen LogP contribution is 2.21. The van der Waals surface area contributed by atoms with Gasteiger partial charge >= 0.3 is 6.09 Å². The second-order valence-corrected chi connectivity index (χ2v) is 7.84. The fourth-order valence-corrected chi connectivity index (χ4v) is 4.01. The molecule has 4 N–H and O–H groups in total. The first-order chi connectivity index (χ1) is 14.8. The van der Waals surface area contributed by atoms with Gasteiger partial charge in [0.25, 0.3) is 0 Å². The molecule has 0 bridgehead atoms. The van der Waals surface area contributed by atoms with Crippen LogP contribution in [0.3, 0.4) is 0 Å². The smallest absolute Gasteiger partial charge is 0.405 e. The largest absolute Gasteiger partial charge is 0.465 e. The Kier molecular flexibility index (Phi) is 7.09. The van der Waals surface area contributed by atoms with E-state index in [1.165, 1.54) is 6.07 Å². The van der Waals surface area contributed by atoms with E-state index in [4.69, 9.17) is 5.11 Å². The van der Waals surface area contributed by atoms with Crippen LogP contribution in [0.2, 0.25) is 0 Å². The van der Waals surface area contributed by atoms with Gasteiger partial charge in [-0.15, -0.1) is 0 Å². The summed E-state index contributed by atoms with van der Waals surface area (Å²) >= 11 is 0. The number of carbonyl (C=O) groups is 3. The summed E-state index contributed by atoms with van der Waals surface area (Å²) in [7, 11) is 0. The lowest BCUT2D eigenvalue weighted by Gasteiger charge is -2.36. The summed E-state index contributed by atoms with van der Waals surface area (Å²) in [4.78, 5) is 45.7. The Morgan fingerprint density at radius 3 is 2.77 bits per heavy atom. The predicted octanol–water partition coefficient (Wildman–Crippen LogP) is 2.70. The van der Waals surface area contributed by atoms with Gasteiger partial charge in [-0.1, -0.05) is 13.0 Å². The monoisotopic (exact) mass is 433 g/mol. The lowest BCUT2D eigenvalue weighted by atomic mass is 9.99. The number of piperidine rings is 1. The molecule has 0 saturated carbocycles. The molecule has 9 nitrogen and oxygen atoms in total. The third kappa shape index (κ3) is 5.31. The Balaban J connectivity index is 1.70. The number of hydrogen-bond acceptors (Lipinski definition) is 4. The predicted molar refractivity (Wildman–Crippen MR) is 112 cm³/mol. The summed E-state index contributed by atoms with van der Waals surface area (Å²) < 4.78 is 13.9. The molecular weight excluding hydrogens is 405 g/mol. The van der Waals surface area contributed by atoms with Crippen LogP contribution in [0.15, 0.2) is 18.2 Å². The van der Waals surface area contributed by atoms with Crippen molar-refractivity contribution in [3.8, 4) is 0 Å². The fraction of sp³-hybridized carbons (Fsp3) is 0.524. The van der Waals surface area contributed by atoms with Crippen LogP contribution < -0.4 is 10.6 Å². The molecule has 1 fully saturated rings.